The van der Waals surface area contributed by atoms with Crippen molar-refractivity contribution in [2.45, 2.75) is 18.9 Å². The molecule has 0 aliphatic carbocycles. The zero-order chi connectivity index (χ0) is 12.8. The van der Waals surface area contributed by atoms with E-state index in [0.29, 0.717) is 6.04 Å². The number of ether oxygens (including phenoxy) is 1. The molecule has 0 saturated carbocycles. The Hall–Kier alpha value is -0.820. The maximum Gasteiger partial charge on any atom is 0.258 e. The van der Waals surface area contributed by atoms with Crippen LogP contribution in [0.1, 0.15) is 12.8 Å². The lowest BCUT2D eigenvalue weighted by Crippen LogP contribution is -2.44. The Bertz CT molecular complexity index is 388. The summed E-state index contributed by atoms with van der Waals surface area (Å²) in [5, 5.41) is 6.26. The maximum absolute atomic E-state index is 11.7. The predicted molar refractivity (Wildman–Crippen MR) is 78.7 cm³/mol. The highest BCUT2D eigenvalue weighted by Gasteiger charge is 2.15. The minimum absolute atomic E-state index is 0.0413. The second-order valence-corrected chi connectivity index (χ2v) is 5.58. The van der Waals surface area contributed by atoms with Crippen LogP contribution < -0.4 is 15.4 Å². The molecule has 2 rings (SSSR count). The quantitative estimate of drug-likeness (QED) is 0.801. The van der Waals surface area contributed by atoms with E-state index in [1.54, 1.807) is 0 Å². The molecule has 0 spiro atoms. The number of halogens is 1. The van der Waals surface area contributed by atoms with Crippen LogP contribution in [0.25, 0.3) is 0 Å². The van der Waals surface area contributed by atoms with Crippen LogP contribution in [0.5, 0.6) is 5.75 Å². The molecule has 0 bridgehead atoms. The van der Waals surface area contributed by atoms with Crippen LogP contribution in [0.15, 0.2) is 24.3 Å². The normalized spacial score (nSPS) is 16.3. The lowest BCUT2D eigenvalue weighted by molar-refractivity contribution is -0.123. The molecule has 98 valence electrons. The van der Waals surface area contributed by atoms with E-state index < -0.39 is 0 Å². The van der Waals surface area contributed by atoms with E-state index >= 15 is 0 Å². The van der Waals surface area contributed by atoms with Crippen molar-refractivity contribution in [2.75, 3.05) is 19.7 Å². The van der Waals surface area contributed by atoms with Gasteiger partial charge in [-0.1, -0.05) is 0 Å². The second-order valence-electron chi connectivity index (χ2n) is 4.33. The van der Waals surface area contributed by atoms with Crippen LogP contribution in [0.3, 0.4) is 0 Å². The van der Waals surface area contributed by atoms with Crippen LogP contribution in [0.2, 0.25) is 0 Å². The summed E-state index contributed by atoms with van der Waals surface area (Å²) in [6.45, 7) is 2.04. The topological polar surface area (TPSA) is 50.4 Å². The lowest BCUT2D eigenvalue weighted by atomic mass is 10.1. The van der Waals surface area contributed by atoms with Crippen molar-refractivity contribution in [1.82, 2.24) is 10.6 Å². The number of nitrogens with one attached hydrogen (secondary N) is 2. The van der Waals surface area contributed by atoms with E-state index in [1.807, 2.05) is 24.3 Å². The van der Waals surface area contributed by atoms with Crippen LogP contribution >= 0.6 is 22.6 Å². The summed E-state index contributed by atoms with van der Waals surface area (Å²) in [5.41, 5.74) is 0. The number of hydrogen-bond donors (Lipinski definition) is 2. The first kappa shape index (κ1) is 13.6. The molecule has 4 nitrogen and oxygen atoms in total. The van der Waals surface area contributed by atoms with E-state index in [9.17, 15) is 4.79 Å². The van der Waals surface area contributed by atoms with Gasteiger partial charge in [-0.05, 0) is 72.8 Å². The van der Waals surface area contributed by atoms with Gasteiger partial charge >= 0.3 is 0 Å². The van der Waals surface area contributed by atoms with E-state index in [-0.39, 0.29) is 12.5 Å². The highest BCUT2D eigenvalue weighted by molar-refractivity contribution is 14.1. The van der Waals surface area contributed by atoms with Gasteiger partial charge in [0, 0.05) is 9.61 Å². The molecule has 1 fully saturated rings. The maximum atomic E-state index is 11.7. The van der Waals surface area contributed by atoms with Crippen molar-refractivity contribution >= 4 is 28.5 Å². The highest BCUT2D eigenvalue weighted by atomic mass is 127. The molecule has 0 atom stereocenters. The Morgan fingerprint density at radius 1 is 1.33 bits per heavy atom. The second kappa shape index (κ2) is 6.94. The highest BCUT2D eigenvalue weighted by Crippen LogP contribution is 2.13. The van der Waals surface area contributed by atoms with Gasteiger partial charge in [-0.2, -0.15) is 0 Å². The van der Waals surface area contributed by atoms with Gasteiger partial charge in [0.25, 0.3) is 5.91 Å². The van der Waals surface area contributed by atoms with Crippen LogP contribution in [-0.2, 0) is 4.79 Å². The summed E-state index contributed by atoms with van der Waals surface area (Å²) in [7, 11) is 0. The Balaban J connectivity index is 1.72. The molecule has 5 heteroatoms. The fraction of sp³-hybridized carbons (Fsp3) is 0.462. The molecular weight excluding hydrogens is 343 g/mol. The fourth-order valence-corrected chi connectivity index (χ4v) is 2.27. The molecule has 1 aliphatic heterocycles. The van der Waals surface area contributed by atoms with Crippen molar-refractivity contribution in [3.8, 4) is 5.75 Å². The Morgan fingerprint density at radius 3 is 2.67 bits per heavy atom. The molecule has 18 heavy (non-hydrogen) atoms. The van der Waals surface area contributed by atoms with Gasteiger partial charge in [0.15, 0.2) is 6.61 Å². The average molecular weight is 360 g/mol. The molecule has 1 heterocycles. The molecule has 0 aromatic heterocycles. The fourth-order valence-electron chi connectivity index (χ4n) is 1.92. The Labute approximate surface area is 121 Å². The largest absolute Gasteiger partial charge is 0.484 e. The third-order valence-electron chi connectivity index (χ3n) is 2.89. The summed E-state index contributed by atoms with van der Waals surface area (Å²) in [5.74, 6) is 0.691. The molecule has 1 saturated heterocycles. The number of benzene rings is 1. The van der Waals surface area contributed by atoms with Crippen molar-refractivity contribution in [2.24, 2.45) is 0 Å². The summed E-state index contributed by atoms with van der Waals surface area (Å²) in [6, 6.07) is 7.96. The molecule has 0 radical (unpaired) electrons. The van der Waals surface area contributed by atoms with Gasteiger partial charge in [0.05, 0.1) is 0 Å². The number of hydrogen-bond acceptors (Lipinski definition) is 3. The van der Waals surface area contributed by atoms with Crippen molar-refractivity contribution in [3.63, 3.8) is 0 Å². The summed E-state index contributed by atoms with van der Waals surface area (Å²) >= 11 is 2.23. The van der Waals surface area contributed by atoms with E-state index in [2.05, 4.69) is 33.2 Å². The minimum Gasteiger partial charge on any atom is -0.484 e. The lowest BCUT2D eigenvalue weighted by Gasteiger charge is -2.23. The number of carbonyl (C=O) groups excluding carboxylic acids is 1. The first-order chi connectivity index (χ1) is 8.74. The first-order valence-electron chi connectivity index (χ1n) is 6.12. The molecule has 1 aliphatic rings. The monoisotopic (exact) mass is 360 g/mol. The third-order valence-corrected chi connectivity index (χ3v) is 3.61. The van der Waals surface area contributed by atoms with E-state index in [4.69, 9.17) is 4.74 Å². The number of carbonyl (C=O) groups is 1. The average Bonchev–Trinajstić information content (AvgIpc) is 2.39. The smallest absolute Gasteiger partial charge is 0.258 e. The van der Waals surface area contributed by atoms with Gasteiger partial charge in [0.1, 0.15) is 5.75 Å². The van der Waals surface area contributed by atoms with Gasteiger partial charge < -0.3 is 15.4 Å². The number of rotatable bonds is 4. The van der Waals surface area contributed by atoms with Crippen LogP contribution in [0, 0.1) is 3.57 Å². The van der Waals surface area contributed by atoms with Crippen molar-refractivity contribution in [1.29, 1.82) is 0 Å². The summed E-state index contributed by atoms with van der Waals surface area (Å²) in [6.07, 6.45) is 1.99. The molecule has 1 aromatic carbocycles. The summed E-state index contributed by atoms with van der Waals surface area (Å²) < 4.78 is 6.59. The molecular formula is C13H17IN2O2. The molecule has 2 N–H and O–H groups in total. The van der Waals surface area contributed by atoms with Gasteiger partial charge in [0.2, 0.25) is 0 Å². The Kier molecular flexibility index (Phi) is 5.25. The third kappa shape index (κ3) is 4.45. The zero-order valence-electron chi connectivity index (χ0n) is 10.1. The van der Waals surface area contributed by atoms with Crippen LogP contribution in [0.4, 0.5) is 0 Å². The SMILES string of the molecule is O=C(COc1ccc(I)cc1)NC1CCNCC1. The van der Waals surface area contributed by atoms with Crippen molar-refractivity contribution in [3.05, 3.63) is 27.8 Å². The summed E-state index contributed by atoms with van der Waals surface area (Å²) in [4.78, 5) is 11.7. The Morgan fingerprint density at radius 2 is 2.00 bits per heavy atom. The van der Waals surface area contributed by atoms with Gasteiger partial charge in [-0.15, -0.1) is 0 Å². The molecule has 1 amide bonds. The predicted octanol–water partition coefficient (Wildman–Crippen LogP) is 1.54. The number of amides is 1. The van der Waals surface area contributed by atoms with E-state index in [0.717, 1.165) is 35.3 Å². The van der Waals surface area contributed by atoms with Gasteiger partial charge in [-0.3, -0.25) is 4.79 Å². The number of piperidine rings is 1. The zero-order valence-corrected chi connectivity index (χ0v) is 12.3. The minimum atomic E-state index is -0.0413. The van der Waals surface area contributed by atoms with Crippen LogP contribution in [-0.4, -0.2) is 31.6 Å². The first-order valence-corrected chi connectivity index (χ1v) is 7.20. The standard InChI is InChI=1S/C13H17IN2O2/c14-10-1-3-12(4-2-10)18-9-13(17)16-11-5-7-15-8-6-11/h1-4,11,15H,5-9H2,(H,16,17). The van der Waals surface area contributed by atoms with Crippen molar-refractivity contribution < 1.29 is 9.53 Å². The molecule has 0 unspecified atom stereocenters. The van der Waals surface area contributed by atoms with E-state index in [1.165, 1.54) is 0 Å². The molecule has 1 aromatic rings. The van der Waals surface area contributed by atoms with Gasteiger partial charge in [-0.25, -0.2) is 0 Å².